The molecule has 0 aliphatic carbocycles. The number of anilines is 1. The molecule has 2 aromatic carbocycles. The fourth-order valence-electron chi connectivity index (χ4n) is 1.75. The van der Waals surface area contributed by atoms with Crippen LogP contribution in [0.4, 0.5) is 5.69 Å². The van der Waals surface area contributed by atoms with Gasteiger partial charge in [0, 0.05) is 10.6 Å². The van der Waals surface area contributed by atoms with Gasteiger partial charge in [-0.1, -0.05) is 47.5 Å². The van der Waals surface area contributed by atoms with Gasteiger partial charge >= 0.3 is 0 Å². The van der Waals surface area contributed by atoms with Crippen LogP contribution in [0.2, 0.25) is 5.02 Å². The quantitative estimate of drug-likeness (QED) is 0.524. The summed E-state index contributed by atoms with van der Waals surface area (Å²) in [7, 11) is 0. The van der Waals surface area contributed by atoms with Crippen LogP contribution in [-0.4, -0.2) is 11.5 Å². The molecule has 0 saturated heterocycles. The first kappa shape index (κ1) is 15.7. The van der Waals surface area contributed by atoms with Crippen LogP contribution in [0.3, 0.4) is 0 Å². The van der Waals surface area contributed by atoms with Crippen LogP contribution < -0.4 is 5.43 Å². The lowest BCUT2D eigenvalue weighted by atomic mass is 10.1. The van der Waals surface area contributed by atoms with Crippen molar-refractivity contribution in [2.45, 2.75) is 13.8 Å². The Kier molecular flexibility index (Phi) is 4.92. The van der Waals surface area contributed by atoms with Crippen molar-refractivity contribution in [2.75, 3.05) is 5.43 Å². The third-order valence-electron chi connectivity index (χ3n) is 3.10. The number of hydrogen-bond donors (Lipinski definition) is 1. The van der Waals surface area contributed by atoms with Crippen molar-refractivity contribution in [2.24, 2.45) is 5.10 Å². The minimum Gasteiger partial charge on any atom is -0.286 e. The summed E-state index contributed by atoms with van der Waals surface area (Å²) in [5.74, 6) is -0.423. The first-order valence-electron chi connectivity index (χ1n) is 6.62. The highest BCUT2D eigenvalue weighted by Gasteiger charge is 2.13. The number of ketones is 1. The Hall–Kier alpha value is -2.64. The highest BCUT2D eigenvalue weighted by molar-refractivity contribution is 6.51. The lowest BCUT2D eigenvalue weighted by Crippen LogP contribution is -2.14. The zero-order valence-electron chi connectivity index (χ0n) is 12.2. The molecular weight excluding hydrogens is 298 g/mol. The minimum absolute atomic E-state index is 0.208. The van der Waals surface area contributed by atoms with Gasteiger partial charge in [-0.3, -0.25) is 10.2 Å². The number of aryl methyl sites for hydroxylation is 2. The van der Waals surface area contributed by atoms with Gasteiger partial charge in [0.05, 0.1) is 5.69 Å². The second kappa shape index (κ2) is 6.88. The van der Waals surface area contributed by atoms with Gasteiger partial charge in [-0.25, -0.2) is 0 Å². The Morgan fingerprint density at radius 2 is 1.86 bits per heavy atom. The van der Waals surface area contributed by atoms with Crippen molar-refractivity contribution >= 4 is 28.8 Å². The first-order valence-corrected chi connectivity index (χ1v) is 7.00. The predicted molar refractivity (Wildman–Crippen MR) is 88.4 cm³/mol. The average molecular weight is 312 g/mol. The summed E-state index contributed by atoms with van der Waals surface area (Å²) in [6.45, 7) is 3.81. The molecule has 0 heterocycles. The molecule has 0 saturated carbocycles. The summed E-state index contributed by atoms with van der Waals surface area (Å²) in [6, 6.07) is 14.1. The lowest BCUT2D eigenvalue weighted by Gasteiger charge is -2.04. The van der Waals surface area contributed by atoms with Gasteiger partial charge in [-0.05, 0) is 31.5 Å². The van der Waals surface area contributed by atoms with E-state index in [0.29, 0.717) is 16.3 Å². The van der Waals surface area contributed by atoms with Crippen LogP contribution in [0.25, 0.3) is 0 Å². The smallest absolute Gasteiger partial charge is 0.223 e. The Morgan fingerprint density at radius 3 is 2.45 bits per heavy atom. The molecule has 0 aromatic heterocycles. The van der Waals surface area contributed by atoms with E-state index in [4.69, 9.17) is 16.9 Å². The van der Waals surface area contributed by atoms with Gasteiger partial charge in [0.25, 0.3) is 0 Å². The van der Waals surface area contributed by atoms with E-state index in [0.717, 1.165) is 11.1 Å². The number of carbonyl (C=O) groups is 1. The Morgan fingerprint density at radius 1 is 1.18 bits per heavy atom. The minimum atomic E-state index is -0.423. The molecule has 0 radical (unpaired) electrons. The van der Waals surface area contributed by atoms with Crippen LogP contribution >= 0.6 is 11.6 Å². The molecule has 0 unspecified atom stereocenters. The van der Waals surface area contributed by atoms with Gasteiger partial charge in [-0.15, -0.1) is 0 Å². The summed E-state index contributed by atoms with van der Waals surface area (Å²) < 4.78 is 0. The number of carbonyl (C=O) groups excluding carboxylic acids is 1. The van der Waals surface area contributed by atoms with Crippen molar-refractivity contribution in [3.05, 3.63) is 64.2 Å². The van der Waals surface area contributed by atoms with E-state index in [9.17, 15) is 4.79 Å². The number of nitriles is 1. The zero-order chi connectivity index (χ0) is 16.1. The first-order chi connectivity index (χ1) is 10.5. The van der Waals surface area contributed by atoms with E-state index in [-0.39, 0.29) is 5.71 Å². The molecule has 1 N–H and O–H groups in total. The fourth-order valence-corrected chi connectivity index (χ4v) is 1.93. The number of Topliss-reactive ketones (excluding diaryl/α,β-unsaturated/α-hetero) is 1. The molecule has 0 aliphatic rings. The zero-order valence-corrected chi connectivity index (χ0v) is 13.0. The summed E-state index contributed by atoms with van der Waals surface area (Å²) in [4.78, 5) is 12.2. The number of hydrogen-bond acceptors (Lipinski definition) is 4. The average Bonchev–Trinajstić information content (AvgIpc) is 2.52. The molecular formula is C17H14ClN3O. The van der Waals surface area contributed by atoms with Crippen molar-refractivity contribution in [3.63, 3.8) is 0 Å². The number of nitrogens with one attached hydrogen (secondary N) is 1. The molecule has 0 amide bonds. The summed E-state index contributed by atoms with van der Waals surface area (Å²) in [5, 5.41) is 13.6. The Bertz CT molecular complexity index is 773. The largest absolute Gasteiger partial charge is 0.286 e. The van der Waals surface area contributed by atoms with E-state index >= 15 is 0 Å². The molecule has 2 rings (SSSR count). The normalized spacial score (nSPS) is 10.9. The van der Waals surface area contributed by atoms with Crippen molar-refractivity contribution in [3.8, 4) is 6.07 Å². The van der Waals surface area contributed by atoms with E-state index in [1.165, 1.54) is 0 Å². The van der Waals surface area contributed by atoms with E-state index in [1.54, 1.807) is 24.3 Å². The van der Waals surface area contributed by atoms with Gasteiger partial charge < -0.3 is 0 Å². The molecule has 0 spiro atoms. The number of rotatable bonds is 4. The van der Waals surface area contributed by atoms with Gasteiger partial charge in [0.1, 0.15) is 6.07 Å². The van der Waals surface area contributed by atoms with Gasteiger partial charge in [0.15, 0.2) is 0 Å². The van der Waals surface area contributed by atoms with Gasteiger partial charge in [0.2, 0.25) is 11.5 Å². The van der Waals surface area contributed by atoms with Crippen molar-refractivity contribution in [1.82, 2.24) is 0 Å². The number of halogens is 1. The Balaban J connectivity index is 2.20. The molecule has 0 atom stereocenters. The van der Waals surface area contributed by atoms with Crippen LogP contribution in [0.15, 0.2) is 47.6 Å². The van der Waals surface area contributed by atoms with E-state index < -0.39 is 5.78 Å². The van der Waals surface area contributed by atoms with Crippen molar-refractivity contribution in [1.29, 1.82) is 5.26 Å². The Labute approximate surface area is 134 Å². The summed E-state index contributed by atoms with van der Waals surface area (Å²) in [6.07, 6.45) is 0. The highest BCUT2D eigenvalue weighted by Crippen LogP contribution is 2.20. The number of hydrazone groups is 1. The standard InChI is InChI=1S/C17H14ClN3O/c1-11-3-6-13(7-4-11)17(22)16(10-19)21-20-14-8-5-12(2)15(18)9-14/h3-9,20H,1-2H3/b21-16+. The highest BCUT2D eigenvalue weighted by atomic mass is 35.5. The maximum atomic E-state index is 12.2. The van der Waals surface area contributed by atoms with Crippen LogP contribution in [-0.2, 0) is 0 Å². The molecule has 2 aromatic rings. The van der Waals surface area contributed by atoms with Crippen LogP contribution in [0.5, 0.6) is 0 Å². The monoisotopic (exact) mass is 311 g/mol. The molecule has 0 aliphatic heterocycles. The summed E-state index contributed by atoms with van der Waals surface area (Å²) >= 11 is 6.02. The molecule has 110 valence electrons. The van der Waals surface area contributed by atoms with Crippen molar-refractivity contribution < 1.29 is 4.79 Å². The maximum absolute atomic E-state index is 12.2. The van der Waals surface area contributed by atoms with Crippen LogP contribution in [0.1, 0.15) is 21.5 Å². The molecule has 0 fully saturated rings. The topological polar surface area (TPSA) is 65.2 Å². The third kappa shape index (κ3) is 3.72. The summed E-state index contributed by atoms with van der Waals surface area (Å²) in [5.41, 5.74) is 5.49. The molecule has 5 heteroatoms. The number of benzene rings is 2. The number of nitrogens with zero attached hydrogens (tertiary/aromatic N) is 2. The maximum Gasteiger partial charge on any atom is 0.223 e. The molecule has 0 bridgehead atoms. The van der Waals surface area contributed by atoms with Gasteiger partial charge in [-0.2, -0.15) is 10.4 Å². The second-order valence-electron chi connectivity index (χ2n) is 4.84. The van der Waals surface area contributed by atoms with E-state index in [2.05, 4.69) is 10.5 Å². The second-order valence-corrected chi connectivity index (χ2v) is 5.25. The fraction of sp³-hybridized carbons (Fsp3) is 0.118. The lowest BCUT2D eigenvalue weighted by molar-refractivity contribution is 0.106. The third-order valence-corrected chi connectivity index (χ3v) is 3.51. The van der Waals surface area contributed by atoms with Crippen LogP contribution in [0, 0.1) is 25.2 Å². The predicted octanol–water partition coefficient (Wildman–Crippen LogP) is 4.13. The molecule has 22 heavy (non-hydrogen) atoms. The SMILES string of the molecule is Cc1ccc(C(=O)/C(C#N)=N/Nc2ccc(C)c(Cl)c2)cc1. The van der Waals surface area contributed by atoms with E-state index in [1.807, 2.05) is 38.1 Å². The molecule has 4 nitrogen and oxygen atoms in total.